The van der Waals surface area contributed by atoms with E-state index >= 15 is 0 Å². The van der Waals surface area contributed by atoms with Gasteiger partial charge in [0.05, 0.1) is 18.4 Å². The Morgan fingerprint density at radius 2 is 1.49 bits per heavy atom. The van der Waals surface area contributed by atoms with Gasteiger partial charge < -0.3 is 19.3 Å². The van der Waals surface area contributed by atoms with Crippen molar-refractivity contribution in [2.75, 3.05) is 25.1 Å². The summed E-state index contributed by atoms with van der Waals surface area (Å²) in [5.41, 5.74) is 9.51. The fourth-order valence-electron chi connectivity index (χ4n) is 6.79. The maximum atomic E-state index is 11.8. The molecule has 272 valence electrons. The quantitative estimate of drug-likeness (QED) is 0.0752. The highest BCUT2D eigenvalue weighted by Crippen LogP contribution is 2.35. The number of aromatic hydroxyl groups is 1. The van der Waals surface area contributed by atoms with E-state index in [2.05, 4.69) is 138 Å². The van der Waals surface area contributed by atoms with E-state index < -0.39 is 0 Å². The summed E-state index contributed by atoms with van der Waals surface area (Å²) in [6, 6.07) is 39.5. The minimum absolute atomic E-state index is 0.133. The summed E-state index contributed by atoms with van der Waals surface area (Å²) in [5, 5.41) is 18.9. The first kappa shape index (κ1) is 36.9. The largest absolute Gasteiger partial charge is 0.503 e. The van der Waals surface area contributed by atoms with Gasteiger partial charge in [-0.05, 0) is 84.2 Å². The first-order chi connectivity index (χ1) is 25.9. The van der Waals surface area contributed by atoms with Crippen molar-refractivity contribution >= 4 is 16.8 Å². The van der Waals surface area contributed by atoms with Gasteiger partial charge in [-0.1, -0.05) is 104 Å². The Kier molecular flexibility index (Phi) is 12.6. The number of nitrogens with zero attached hydrogens (tertiary/aromatic N) is 5. The number of anilines is 1. The Labute approximate surface area is 312 Å². The molecule has 0 aliphatic rings. The van der Waals surface area contributed by atoms with Gasteiger partial charge in [-0.2, -0.15) is 0 Å². The second-order valence-corrected chi connectivity index (χ2v) is 13.2. The molecule has 0 fully saturated rings. The van der Waals surface area contributed by atoms with E-state index in [0.717, 1.165) is 68.0 Å². The summed E-state index contributed by atoms with van der Waals surface area (Å²) >= 11 is 0. The minimum atomic E-state index is -0.319. The van der Waals surface area contributed by atoms with Gasteiger partial charge in [-0.15, -0.1) is 5.10 Å². The molecule has 0 amide bonds. The number of benzene rings is 4. The van der Waals surface area contributed by atoms with Crippen molar-refractivity contribution in [1.82, 2.24) is 19.6 Å². The molecule has 8 nitrogen and oxygen atoms in total. The van der Waals surface area contributed by atoms with Crippen LogP contribution in [0.5, 0.6) is 11.5 Å². The van der Waals surface area contributed by atoms with Crippen LogP contribution in [0.25, 0.3) is 22.4 Å². The lowest BCUT2D eigenvalue weighted by atomic mass is 9.88. The van der Waals surface area contributed by atoms with Crippen molar-refractivity contribution in [3.8, 4) is 22.8 Å². The molecule has 0 atom stereocenters. The summed E-state index contributed by atoms with van der Waals surface area (Å²) < 4.78 is 10.1. The highest BCUT2D eigenvalue weighted by Gasteiger charge is 2.14. The number of likely N-dealkylation sites (N-methyl/N-ethyl adjacent to an activating group) is 1. The lowest BCUT2D eigenvalue weighted by Crippen LogP contribution is -2.23. The molecular weight excluding hydrogens is 659 g/mol. The van der Waals surface area contributed by atoms with Crippen LogP contribution in [0.1, 0.15) is 61.9 Å². The van der Waals surface area contributed by atoms with Crippen LogP contribution in [0.15, 0.2) is 132 Å². The molecule has 0 spiro atoms. The summed E-state index contributed by atoms with van der Waals surface area (Å²) in [6.07, 6.45) is 8.22. The Morgan fingerprint density at radius 3 is 2.21 bits per heavy atom. The van der Waals surface area contributed by atoms with Crippen LogP contribution in [0, 0.1) is 0 Å². The van der Waals surface area contributed by atoms with Crippen LogP contribution in [0.2, 0.25) is 0 Å². The van der Waals surface area contributed by atoms with E-state index in [1.54, 1.807) is 6.20 Å². The fraction of sp³-hybridized carbons (Fsp3) is 0.267. The van der Waals surface area contributed by atoms with E-state index in [-0.39, 0.29) is 11.2 Å². The van der Waals surface area contributed by atoms with Gasteiger partial charge >= 0.3 is 0 Å². The highest BCUT2D eigenvalue weighted by molar-refractivity contribution is 5.98. The fourth-order valence-corrected chi connectivity index (χ4v) is 6.79. The molecular formula is C45H49N5O3. The van der Waals surface area contributed by atoms with Crippen molar-refractivity contribution in [3.05, 3.63) is 160 Å². The predicted octanol–water partition coefficient (Wildman–Crippen LogP) is 9.13. The van der Waals surface area contributed by atoms with Crippen LogP contribution in [0.4, 0.5) is 5.69 Å². The van der Waals surface area contributed by atoms with Crippen molar-refractivity contribution in [2.45, 2.75) is 59.0 Å². The maximum Gasteiger partial charge on any atom is 0.223 e. The third-order valence-corrected chi connectivity index (χ3v) is 9.68. The number of allylic oxidation sites excluding steroid dienone is 1. The molecule has 2 heterocycles. The number of rotatable bonds is 17. The molecule has 2 aromatic heterocycles. The summed E-state index contributed by atoms with van der Waals surface area (Å²) in [5.74, 6) is 0.713. The van der Waals surface area contributed by atoms with Gasteiger partial charge in [0, 0.05) is 43.7 Å². The molecule has 0 saturated carbocycles. The monoisotopic (exact) mass is 707 g/mol. The van der Waals surface area contributed by atoms with E-state index in [1.165, 1.54) is 33.9 Å². The number of aromatic nitrogens is 4. The van der Waals surface area contributed by atoms with Gasteiger partial charge in [0.25, 0.3) is 0 Å². The topological polar surface area (TPSA) is 85.4 Å². The number of unbranched alkanes of at least 4 members (excludes halogenated alkanes) is 2. The maximum absolute atomic E-state index is 11.8. The molecule has 0 saturated heterocycles. The Hall–Kier alpha value is -5.89. The SMILES string of the molecule is CCC(=C(c1ccccc1)c1ccc(OCCN(C)c2cccc(-c3cn(CCCCCn4ccc(=O)c(O)c4CC)nn3)c2)cc1)c1ccccc1. The van der Waals surface area contributed by atoms with Crippen molar-refractivity contribution < 1.29 is 9.84 Å². The molecule has 0 aliphatic heterocycles. The second-order valence-electron chi connectivity index (χ2n) is 13.2. The smallest absolute Gasteiger partial charge is 0.223 e. The van der Waals surface area contributed by atoms with Crippen LogP contribution < -0.4 is 15.1 Å². The van der Waals surface area contributed by atoms with Crippen LogP contribution in [0.3, 0.4) is 0 Å². The summed E-state index contributed by atoms with van der Waals surface area (Å²) in [4.78, 5) is 13.9. The van der Waals surface area contributed by atoms with Gasteiger partial charge in [0.1, 0.15) is 18.1 Å². The molecule has 0 aliphatic carbocycles. The molecule has 6 aromatic rings. The zero-order valence-electron chi connectivity index (χ0n) is 31.0. The van der Waals surface area contributed by atoms with E-state index in [4.69, 9.17) is 4.74 Å². The van der Waals surface area contributed by atoms with Crippen molar-refractivity contribution in [3.63, 3.8) is 0 Å². The lowest BCUT2D eigenvalue weighted by Gasteiger charge is -2.20. The highest BCUT2D eigenvalue weighted by atomic mass is 16.5. The Morgan fingerprint density at radius 1 is 0.792 bits per heavy atom. The van der Waals surface area contributed by atoms with Crippen LogP contribution >= 0.6 is 0 Å². The molecule has 0 radical (unpaired) electrons. The third kappa shape index (κ3) is 9.32. The Bertz CT molecular complexity index is 2150. The van der Waals surface area contributed by atoms with Crippen molar-refractivity contribution in [2.24, 2.45) is 0 Å². The van der Waals surface area contributed by atoms with Crippen LogP contribution in [-0.2, 0) is 19.5 Å². The number of hydrogen-bond donors (Lipinski definition) is 1. The minimum Gasteiger partial charge on any atom is -0.503 e. The van der Waals surface area contributed by atoms with Gasteiger partial charge in [-0.25, -0.2) is 0 Å². The Balaban J connectivity index is 1.01. The standard InChI is InChI=1S/C45H49N5O3/c1-4-40(34-16-9-6-10-17-34)44(35-18-11-7-12-19-35)36-22-24-39(25-23-36)53-31-30-48(3)38-21-15-20-37(32-38)41-33-50(47-46-41)28-14-8-13-27-49-29-26-43(51)45(52)42(49)5-2/h6-7,9-12,15-26,29,32-33,52H,4-5,8,13-14,27-28,30-31H2,1-3H3. The van der Waals surface area contributed by atoms with Gasteiger partial charge in [0.2, 0.25) is 5.43 Å². The lowest BCUT2D eigenvalue weighted by molar-refractivity contribution is 0.326. The van der Waals surface area contributed by atoms with Crippen molar-refractivity contribution in [1.29, 1.82) is 0 Å². The normalized spacial score (nSPS) is 11.7. The summed E-state index contributed by atoms with van der Waals surface area (Å²) in [6.45, 7) is 6.98. The van der Waals surface area contributed by atoms with Gasteiger partial charge in [-0.3, -0.25) is 9.48 Å². The average molecular weight is 708 g/mol. The molecule has 53 heavy (non-hydrogen) atoms. The van der Waals surface area contributed by atoms with E-state index in [0.29, 0.717) is 18.7 Å². The third-order valence-electron chi connectivity index (χ3n) is 9.68. The molecule has 0 unspecified atom stereocenters. The number of ether oxygens (including phenoxy) is 1. The predicted molar refractivity (Wildman–Crippen MR) is 215 cm³/mol. The molecule has 0 bridgehead atoms. The first-order valence-corrected chi connectivity index (χ1v) is 18.6. The molecule has 6 rings (SSSR count). The van der Waals surface area contributed by atoms with E-state index in [1.807, 2.05) is 22.4 Å². The molecule has 1 N–H and O–H groups in total. The number of pyridine rings is 1. The zero-order valence-corrected chi connectivity index (χ0v) is 31.0. The second kappa shape index (κ2) is 18.0. The van der Waals surface area contributed by atoms with Crippen LogP contribution in [-0.4, -0.2) is 44.9 Å². The average Bonchev–Trinajstić information content (AvgIpc) is 3.68. The van der Waals surface area contributed by atoms with Gasteiger partial charge in [0.15, 0.2) is 5.75 Å². The first-order valence-electron chi connectivity index (χ1n) is 18.6. The number of hydrogen-bond acceptors (Lipinski definition) is 6. The molecule has 4 aromatic carbocycles. The number of aryl methyl sites for hydroxylation is 2. The van der Waals surface area contributed by atoms with E-state index in [9.17, 15) is 9.90 Å². The zero-order chi connectivity index (χ0) is 37.0. The summed E-state index contributed by atoms with van der Waals surface area (Å²) in [7, 11) is 2.08. The molecule has 8 heteroatoms.